The Morgan fingerprint density at radius 2 is 2.06 bits per heavy atom. The summed E-state index contributed by atoms with van der Waals surface area (Å²) in [5, 5.41) is 0. The van der Waals surface area contributed by atoms with Crippen molar-refractivity contribution < 1.29 is 9.53 Å². The van der Waals surface area contributed by atoms with Crippen molar-refractivity contribution in [2.75, 3.05) is 6.61 Å². The van der Waals surface area contributed by atoms with Gasteiger partial charge in [0, 0.05) is 6.42 Å². The van der Waals surface area contributed by atoms with Crippen LogP contribution in [-0.4, -0.2) is 12.4 Å². The van der Waals surface area contributed by atoms with Gasteiger partial charge in [0.05, 0.1) is 12.2 Å². The maximum Gasteiger partial charge on any atom is 0.166 e. The molecule has 1 aromatic rings. The third kappa shape index (κ3) is 4.52. The summed E-state index contributed by atoms with van der Waals surface area (Å²) in [5.41, 5.74) is 1.84. The van der Waals surface area contributed by atoms with Crippen LogP contribution in [0.15, 0.2) is 18.2 Å². The smallest absolute Gasteiger partial charge is 0.166 e. The van der Waals surface area contributed by atoms with E-state index in [0.29, 0.717) is 18.9 Å². The largest absolute Gasteiger partial charge is 0.493 e. The molecule has 0 spiro atoms. The molecule has 100 valence electrons. The Kier molecular flexibility index (Phi) is 5.90. The van der Waals surface area contributed by atoms with Crippen LogP contribution in [0.25, 0.3) is 0 Å². The van der Waals surface area contributed by atoms with Crippen molar-refractivity contribution in [1.82, 2.24) is 0 Å². The lowest BCUT2D eigenvalue weighted by atomic mass is 10.0. The highest BCUT2D eigenvalue weighted by Crippen LogP contribution is 2.22. The molecule has 0 aliphatic carbocycles. The highest BCUT2D eigenvalue weighted by molar-refractivity contribution is 5.98. The lowest BCUT2D eigenvalue weighted by Crippen LogP contribution is -2.07. The number of ketones is 1. The Labute approximate surface area is 110 Å². The van der Waals surface area contributed by atoms with E-state index in [1.54, 1.807) is 0 Å². The summed E-state index contributed by atoms with van der Waals surface area (Å²) in [7, 11) is 0. The van der Waals surface area contributed by atoms with Gasteiger partial charge >= 0.3 is 0 Å². The second-order valence-corrected chi connectivity index (χ2v) is 5.20. The Balaban J connectivity index is 2.79. The zero-order valence-electron chi connectivity index (χ0n) is 12.0. The third-order valence-electron chi connectivity index (χ3n) is 2.87. The molecule has 0 bridgehead atoms. The van der Waals surface area contributed by atoms with Crippen molar-refractivity contribution in [3.8, 4) is 5.75 Å². The van der Waals surface area contributed by atoms with E-state index < -0.39 is 0 Å². The molecule has 0 unspecified atom stereocenters. The summed E-state index contributed by atoms with van der Waals surface area (Å²) >= 11 is 0. The van der Waals surface area contributed by atoms with Crippen molar-refractivity contribution in [2.24, 2.45) is 5.92 Å². The lowest BCUT2D eigenvalue weighted by Gasteiger charge is -2.12. The lowest BCUT2D eigenvalue weighted by molar-refractivity contribution is 0.0977. The minimum Gasteiger partial charge on any atom is -0.493 e. The van der Waals surface area contributed by atoms with E-state index in [1.807, 2.05) is 32.0 Å². The van der Waals surface area contributed by atoms with Gasteiger partial charge in [0.25, 0.3) is 0 Å². The van der Waals surface area contributed by atoms with Gasteiger partial charge in [-0.3, -0.25) is 4.79 Å². The topological polar surface area (TPSA) is 26.3 Å². The molecule has 0 radical (unpaired) electrons. The molecule has 2 heteroatoms. The van der Waals surface area contributed by atoms with Crippen molar-refractivity contribution in [3.05, 3.63) is 29.3 Å². The molecule has 1 rings (SSSR count). The van der Waals surface area contributed by atoms with E-state index in [2.05, 4.69) is 13.8 Å². The van der Waals surface area contributed by atoms with Crippen LogP contribution >= 0.6 is 0 Å². The molecule has 0 aromatic heterocycles. The van der Waals surface area contributed by atoms with Crippen molar-refractivity contribution in [3.63, 3.8) is 0 Å². The van der Waals surface area contributed by atoms with E-state index in [0.717, 1.165) is 29.7 Å². The summed E-state index contributed by atoms with van der Waals surface area (Å²) in [5.74, 6) is 1.53. The minimum absolute atomic E-state index is 0.181. The fourth-order valence-electron chi connectivity index (χ4n) is 1.75. The normalized spacial score (nSPS) is 10.7. The highest BCUT2D eigenvalue weighted by atomic mass is 16.5. The molecular formula is C16H24O2. The van der Waals surface area contributed by atoms with E-state index in [-0.39, 0.29) is 5.78 Å². The molecule has 0 N–H and O–H groups in total. The van der Waals surface area contributed by atoms with Crippen LogP contribution in [0.3, 0.4) is 0 Å². The molecule has 2 nitrogen and oxygen atoms in total. The van der Waals surface area contributed by atoms with Crippen LogP contribution in [0.1, 0.15) is 56.0 Å². The van der Waals surface area contributed by atoms with E-state index in [9.17, 15) is 4.79 Å². The monoisotopic (exact) mass is 248 g/mol. The SMILES string of the molecule is CCCC(=O)c1cc(C)ccc1OCCC(C)C. The average Bonchev–Trinajstić information content (AvgIpc) is 2.31. The Morgan fingerprint density at radius 1 is 1.33 bits per heavy atom. The number of carbonyl (C=O) groups is 1. The van der Waals surface area contributed by atoms with Gasteiger partial charge in [-0.2, -0.15) is 0 Å². The van der Waals surface area contributed by atoms with Crippen molar-refractivity contribution in [1.29, 1.82) is 0 Å². The summed E-state index contributed by atoms with van der Waals surface area (Å²) in [4.78, 5) is 12.0. The summed E-state index contributed by atoms with van der Waals surface area (Å²) in [6.07, 6.45) is 2.47. The third-order valence-corrected chi connectivity index (χ3v) is 2.87. The number of rotatable bonds is 7. The van der Waals surface area contributed by atoms with Gasteiger partial charge in [-0.1, -0.05) is 32.4 Å². The minimum atomic E-state index is 0.181. The number of carbonyl (C=O) groups excluding carboxylic acids is 1. The Bertz CT molecular complexity index is 394. The number of hydrogen-bond donors (Lipinski definition) is 0. The van der Waals surface area contributed by atoms with Crippen LogP contribution in [0, 0.1) is 12.8 Å². The fraction of sp³-hybridized carbons (Fsp3) is 0.562. The summed E-state index contributed by atoms with van der Waals surface area (Å²) in [6.45, 7) is 9.03. The van der Waals surface area contributed by atoms with Crippen molar-refractivity contribution >= 4 is 5.78 Å². The predicted octanol–water partition coefficient (Wildman–Crippen LogP) is 4.40. The summed E-state index contributed by atoms with van der Waals surface area (Å²) < 4.78 is 5.75. The van der Waals surface area contributed by atoms with Crippen LogP contribution < -0.4 is 4.74 Å². The molecule has 0 amide bonds. The molecule has 18 heavy (non-hydrogen) atoms. The fourth-order valence-corrected chi connectivity index (χ4v) is 1.75. The van der Waals surface area contributed by atoms with Gasteiger partial charge in [-0.25, -0.2) is 0 Å². The van der Waals surface area contributed by atoms with Crippen LogP contribution in [0.4, 0.5) is 0 Å². The molecule has 0 heterocycles. The van der Waals surface area contributed by atoms with Gasteiger partial charge in [-0.05, 0) is 37.8 Å². The number of aryl methyl sites for hydroxylation is 1. The zero-order chi connectivity index (χ0) is 13.5. The molecule has 0 saturated carbocycles. The van der Waals surface area contributed by atoms with Crippen LogP contribution in [-0.2, 0) is 0 Å². The maximum atomic E-state index is 12.0. The summed E-state index contributed by atoms with van der Waals surface area (Å²) in [6, 6.07) is 5.84. The average molecular weight is 248 g/mol. The van der Waals surface area contributed by atoms with E-state index >= 15 is 0 Å². The van der Waals surface area contributed by atoms with Gasteiger partial charge in [-0.15, -0.1) is 0 Å². The van der Waals surface area contributed by atoms with Gasteiger partial charge in [0.15, 0.2) is 5.78 Å². The quantitative estimate of drug-likeness (QED) is 0.668. The zero-order valence-corrected chi connectivity index (χ0v) is 12.0. The first-order valence-corrected chi connectivity index (χ1v) is 6.81. The van der Waals surface area contributed by atoms with Crippen LogP contribution in [0.2, 0.25) is 0 Å². The van der Waals surface area contributed by atoms with E-state index in [4.69, 9.17) is 4.74 Å². The first kappa shape index (κ1) is 14.7. The second kappa shape index (κ2) is 7.20. The predicted molar refractivity (Wildman–Crippen MR) is 75.4 cm³/mol. The first-order chi connectivity index (χ1) is 8.54. The van der Waals surface area contributed by atoms with Gasteiger partial charge < -0.3 is 4.74 Å². The van der Waals surface area contributed by atoms with Crippen LogP contribution in [0.5, 0.6) is 5.75 Å². The highest BCUT2D eigenvalue weighted by Gasteiger charge is 2.12. The van der Waals surface area contributed by atoms with Gasteiger partial charge in [0.1, 0.15) is 5.75 Å². The molecule has 0 fully saturated rings. The number of ether oxygens (including phenoxy) is 1. The molecule has 0 aliphatic rings. The standard InChI is InChI=1S/C16H24O2/c1-5-6-15(17)14-11-13(4)7-8-16(14)18-10-9-12(2)3/h7-8,11-12H,5-6,9-10H2,1-4H3. The Morgan fingerprint density at radius 3 is 2.67 bits per heavy atom. The molecular weight excluding hydrogens is 224 g/mol. The first-order valence-electron chi connectivity index (χ1n) is 6.81. The molecule has 0 atom stereocenters. The molecule has 0 aliphatic heterocycles. The molecule has 0 saturated heterocycles. The number of benzene rings is 1. The second-order valence-electron chi connectivity index (χ2n) is 5.20. The number of Topliss-reactive ketones (excluding diaryl/α,β-unsaturated/α-hetero) is 1. The maximum absolute atomic E-state index is 12.0. The van der Waals surface area contributed by atoms with E-state index in [1.165, 1.54) is 0 Å². The van der Waals surface area contributed by atoms with Crippen molar-refractivity contribution in [2.45, 2.75) is 47.0 Å². The Hall–Kier alpha value is -1.31. The molecule has 1 aromatic carbocycles. The van der Waals surface area contributed by atoms with Gasteiger partial charge in [0.2, 0.25) is 0 Å². The number of hydrogen-bond acceptors (Lipinski definition) is 2.